The lowest BCUT2D eigenvalue weighted by Gasteiger charge is -2.31. The molecule has 1 aliphatic heterocycles. The van der Waals surface area contributed by atoms with Gasteiger partial charge in [-0.1, -0.05) is 18.2 Å². The van der Waals surface area contributed by atoms with E-state index in [0.717, 1.165) is 35.9 Å². The number of aromatic nitrogens is 1. The standard InChI is InChI=1S/C22H28N2O4/c1-4-27-21(25)16-9-8-12-24(13-16)14-19-20(22(26)28-5-2)15(3)17-10-6-7-11-18(17)23-19/h6-7,10-11,16H,4-5,8-9,12-14H2,1-3H3/t16-/m1/s1. The summed E-state index contributed by atoms with van der Waals surface area (Å²) < 4.78 is 10.5. The SMILES string of the molecule is CCOC(=O)c1c(CN2CCC[C@@H](C(=O)OCC)C2)nc2ccccc2c1C. The highest BCUT2D eigenvalue weighted by Gasteiger charge is 2.29. The summed E-state index contributed by atoms with van der Waals surface area (Å²) in [5.74, 6) is -0.603. The molecule has 3 rings (SSSR count). The molecule has 1 fully saturated rings. The number of ether oxygens (including phenoxy) is 2. The number of para-hydroxylation sites is 1. The molecule has 6 nitrogen and oxygen atoms in total. The number of likely N-dealkylation sites (tertiary alicyclic amines) is 1. The summed E-state index contributed by atoms with van der Waals surface area (Å²) in [4.78, 5) is 31.8. The Morgan fingerprint density at radius 2 is 1.93 bits per heavy atom. The zero-order chi connectivity index (χ0) is 20.1. The van der Waals surface area contributed by atoms with Gasteiger partial charge in [0.2, 0.25) is 0 Å². The van der Waals surface area contributed by atoms with Crippen LogP contribution in [0, 0.1) is 12.8 Å². The molecular formula is C22H28N2O4. The predicted molar refractivity (Wildman–Crippen MR) is 107 cm³/mol. The Bertz CT molecular complexity index is 865. The number of fused-ring (bicyclic) bond motifs is 1. The van der Waals surface area contributed by atoms with Crippen molar-refractivity contribution < 1.29 is 19.1 Å². The number of hydrogen-bond acceptors (Lipinski definition) is 6. The summed E-state index contributed by atoms with van der Waals surface area (Å²) in [6, 6.07) is 7.82. The molecule has 0 spiro atoms. The smallest absolute Gasteiger partial charge is 0.340 e. The van der Waals surface area contributed by atoms with Crippen LogP contribution in [-0.2, 0) is 20.8 Å². The quantitative estimate of drug-likeness (QED) is 0.710. The van der Waals surface area contributed by atoms with Gasteiger partial charge in [-0.05, 0) is 51.8 Å². The van der Waals surface area contributed by atoms with E-state index in [4.69, 9.17) is 14.5 Å². The molecule has 1 aliphatic rings. The van der Waals surface area contributed by atoms with Crippen molar-refractivity contribution in [1.82, 2.24) is 9.88 Å². The van der Waals surface area contributed by atoms with Gasteiger partial charge in [0.1, 0.15) is 0 Å². The molecule has 0 radical (unpaired) electrons. The average molecular weight is 384 g/mol. The minimum absolute atomic E-state index is 0.124. The summed E-state index contributed by atoms with van der Waals surface area (Å²) in [6.45, 7) is 8.28. The molecule has 28 heavy (non-hydrogen) atoms. The fraction of sp³-hybridized carbons (Fsp3) is 0.500. The van der Waals surface area contributed by atoms with E-state index in [1.165, 1.54) is 0 Å². The molecular weight excluding hydrogens is 356 g/mol. The van der Waals surface area contributed by atoms with Gasteiger partial charge in [0.25, 0.3) is 0 Å². The average Bonchev–Trinajstić information content (AvgIpc) is 2.69. The van der Waals surface area contributed by atoms with Crippen molar-refractivity contribution in [2.24, 2.45) is 5.92 Å². The first-order valence-electron chi connectivity index (χ1n) is 9.99. The maximum absolute atomic E-state index is 12.7. The summed E-state index contributed by atoms with van der Waals surface area (Å²) in [7, 11) is 0. The minimum atomic E-state index is -0.341. The predicted octanol–water partition coefficient (Wildman–Crippen LogP) is 3.50. The zero-order valence-electron chi connectivity index (χ0n) is 16.9. The maximum Gasteiger partial charge on any atom is 0.340 e. The van der Waals surface area contributed by atoms with Crippen LogP contribution in [0.3, 0.4) is 0 Å². The van der Waals surface area contributed by atoms with Gasteiger partial charge >= 0.3 is 11.9 Å². The molecule has 1 saturated heterocycles. The van der Waals surface area contributed by atoms with Crippen molar-refractivity contribution in [2.75, 3.05) is 26.3 Å². The highest BCUT2D eigenvalue weighted by molar-refractivity contribution is 5.98. The number of pyridine rings is 1. The Hall–Kier alpha value is -2.47. The second-order valence-corrected chi connectivity index (χ2v) is 7.12. The van der Waals surface area contributed by atoms with Crippen molar-refractivity contribution >= 4 is 22.8 Å². The largest absolute Gasteiger partial charge is 0.466 e. The maximum atomic E-state index is 12.7. The van der Waals surface area contributed by atoms with Crippen LogP contribution in [0.2, 0.25) is 0 Å². The lowest BCUT2D eigenvalue weighted by molar-refractivity contribution is -0.150. The molecule has 1 atom stereocenters. The third-order valence-electron chi connectivity index (χ3n) is 5.21. The van der Waals surface area contributed by atoms with Gasteiger partial charge in [-0.25, -0.2) is 4.79 Å². The molecule has 1 aromatic heterocycles. The Morgan fingerprint density at radius 1 is 1.18 bits per heavy atom. The van der Waals surface area contributed by atoms with Gasteiger partial charge in [0.05, 0.1) is 35.9 Å². The second-order valence-electron chi connectivity index (χ2n) is 7.12. The fourth-order valence-corrected chi connectivity index (χ4v) is 3.89. The lowest BCUT2D eigenvalue weighted by atomic mass is 9.97. The number of benzene rings is 1. The highest BCUT2D eigenvalue weighted by atomic mass is 16.5. The monoisotopic (exact) mass is 384 g/mol. The number of hydrogen-bond donors (Lipinski definition) is 0. The van der Waals surface area contributed by atoms with Crippen molar-refractivity contribution in [3.05, 3.63) is 41.1 Å². The van der Waals surface area contributed by atoms with Gasteiger partial charge in [0.15, 0.2) is 0 Å². The normalized spacial score (nSPS) is 17.5. The van der Waals surface area contributed by atoms with Crippen LogP contribution in [0.5, 0.6) is 0 Å². The highest BCUT2D eigenvalue weighted by Crippen LogP contribution is 2.26. The van der Waals surface area contributed by atoms with Crippen LogP contribution in [0.15, 0.2) is 24.3 Å². The Labute approximate surface area is 165 Å². The van der Waals surface area contributed by atoms with E-state index < -0.39 is 0 Å². The van der Waals surface area contributed by atoms with Crippen molar-refractivity contribution in [1.29, 1.82) is 0 Å². The van der Waals surface area contributed by atoms with Crippen LogP contribution in [0.25, 0.3) is 10.9 Å². The second kappa shape index (κ2) is 9.15. The topological polar surface area (TPSA) is 68.7 Å². The van der Waals surface area contributed by atoms with Crippen LogP contribution >= 0.6 is 0 Å². The van der Waals surface area contributed by atoms with E-state index in [0.29, 0.717) is 37.6 Å². The molecule has 2 heterocycles. The summed E-state index contributed by atoms with van der Waals surface area (Å²) >= 11 is 0. The summed E-state index contributed by atoms with van der Waals surface area (Å²) in [5.41, 5.74) is 3.00. The van der Waals surface area contributed by atoms with E-state index >= 15 is 0 Å². The first kappa shape index (κ1) is 20.3. The Morgan fingerprint density at radius 3 is 2.68 bits per heavy atom. The van der Waals surface area contributed by atoms with E-state index in [1.54, 1.807) is 6.92 Å². The fourth-order valence-electron chi connectivity index (χ4n) is 3.89. The van der Waals surface area contributed by atoms with E-state index in [9.17, 15) is 9.59 Å². The number of rotatable bonds is 6. The molecule has 150 valence electrons. The van der Waals surface area contributed by atoms with Crippen molar-refractivity contribution in [3.8, 4) is 0 Å². The number of carbonyl (C=O) groups excluding carboxylic acids is 2. The van der Waals surface area contributed by atoms with Gasteiger partial charge in [-0.2, -0.15) is 0 Å². The number of aryl methyl sites for hydroxylation is 1. The molecule has 0 bridgehead atoms. The Balaban J connectivity index is 1.92. The number of piperidine rings is 1. The molecule has 0 amide bonds. The van der Waals surface area contributed by atoms with Gasteiger partial charge in [-0.3, -0.25) is 14.7 Å². The third kappa shape index (κ3) is 4.33. The first-order valence-corrected chi connectivity index (χ1v) is 9.99. The van der Waals surface area contributed by atoms with Crippen LogP contribution in [0.1, 0.15) is 48.3 Å². The van der Waals surface area contributed by atoms with E-state index in [-0.39, 0.29) is 17.9 Å². The van der Waals surface area contributed by atoms with E-state index in [1.807, 2.05) is 38.1 Å². The summed E-state index contributed by atoms with van der Waals surface area (Å²) in [6.07, 6.45) is 1.76. The van der Waals surface area contributed by atoms with Gasteiger partial charge in [0, 0.05) is 18.5 Å². The first-order chi connectivity index (χ1) is 13.5. The van der Waals surface area contributed by atoms with Gasteiger partial charge < -0.3 is 9.47 Å². The molecule has 0 saturated carbocycles. The molecule has 0 aliphatic carbocycles. The Kier molecular flexibility index (Phi) is 6.62. The minimum Gasteiger partial charge on any atom is -0.466 e. The van der Waals surface area contributed by atoms with Crippen LogP contribution in [0.4, 0.5) is 0 Å². The summed E-state index contributed by atoms with van der Waals surface area (Å²) in [5, 5.41) is 0.956. The molecule has 6 heteroatoms. The number of carbonyl (C=O) groups is 2. The number of nitrogens with zero attached hydrogens (tertiary/aromatic N) is 2. The third-order valence-corrected chi connectivity index (χ3v) is 5.21. The van der Waals surface area contributed by atoms with Crippen molar-refractivity contribution in [3.63, 3.8) is 0 Å². The molecule has 0 unspecified atom stereocenters. The zero-order valence-corrected chi connectivity index (χ0v) is 16.9. The lowest BCUT2D eigenvalue weighted by Crippen LogP contribution is -2.39. The van der Waals surface area contributed by atoms with Crippen LogP contribution in [-0.4, -0.2) is 48.1 Å². The molecule has 0 N–H and O–H groups in total. The van der Waals surface area contributed by atoms with E-state index in [2.05, 4.69) is 4.90 Å². The van der Waals surface area contributed by atoms with Crippen molar-refractivity contribution in [2.45, 2.75) is 40.2 Å². The molecule has 2 aromatic rings. The van der Waals surface area contributed by atoms with Gasteiger partial charge in [-0.15, -0.1) is 0 Å². The van der Waals surface area contributed by atoms with Crippen LogP contribution < -0.4 is 0 Å². The molecule has 1 aromatic carbocycles. The number of esters is 2.